The molecule has 0 atom stereocenters. The molecule has 0 unspecified atom stereocenters. The van der Waals surface area contributed by atoms with Gasteiger partial charge in [-0.15, -0.1) is 0 Å². The summed E-state index contributed by atoms with van der Waals surface area (Å²) in [7, 11) is 0. The second kappa shape index (κ2) is 8.25. The van der Waals surface area contributed by atoms with E-state index in [9.17, 15) is 9.59 Å². The Morgan fingerprint density at radius 1 is 0.829 bits per heavy atom. The molecule has 1 N–H and O–H groups in total. The maximum atomic E-state index is 13.5. The standard InChI is InChI=1S/C29H22N4O2/c1-19-10-9-17-32-28(19)31-26(20-11-3-2-4-12-20)29(32)30-25(34)18-33-23-15-7-5-13-21(23)27(35)22-14-6-8-16-24(22)33/h2-17H,18H2,1H3,(H,30,34). The number of carbonyl (C=O) groups excluding carboxylic acids is 1. The van der Waals surface area contributed by atoms with Gasteiger partial charge in [-0.25, -0.2) is 4.98 Å². The molecule has 0 aliphatic rings. The summed E-state index contributed by atoms with van der Waals surface area (Å²) in [6.45, 7) is 2.05. The lowest BCUT2D eigenvalue weighted by Crippen LogP contribution is -2.22. The zero-order chi connectivity index (χ0) is 23.9. The Balaban J connectivity index is 1.47. The third-order valence-corrected chi connectivity index (χ3v) is 6.33. The largest absolute Gasteiger partial charge is 0.331 e. The number of aromatic nitrogens is 3. The highest BCUT2D eigenvalue weighted by Gasteiger charge is 2.19. The molecule has 0 saturated carbocycles. The van der Waals surface area contributed by atoms with Crippen LogP contribution in [0.3, 0.4) is 0 Å². The summed E-state index contributed by atoms with van der Waals surface area (Å²) in [5.41, 5.74) is 4.86. The Morgan fingerprint density at radius 3 is 2.14 bits per heavy atom. The van der Waals surface area contributed by atoms with Crippen molar-refractivity contribution in [1.82, 2.24) is 14.0 Å². The van der Waals surface area contributed by atoms with Gasteiger partial charge in [-0.1, -0.05) is 60.7 Å². The number of benzene rings is 3. The van der Waals surface area contributed by atoms with Crippen molar-refractivity contribution in [2.75, 3.05) is 5.32 Å². The van der Waals surface area contributed by atoms with Crippen molar-refractivity contribution in [2.24, 2.45) is 0 Å². The molecule has 0 aliphatic carbocycles. The second-order valence-electron chi connectivity index (χ2n) is 8.56. The minimum absolute atomic E-state index is 0.0310. The van der Waals surface area contributed by atoms with E-state index in [2.05, 4.69) is 5.32 Å². The Bertz CT molecular complexity index is 1740. The molecule has 0 fully saturated rings. The molecular formula is C29H22N4O2. The quantitative estimate of drug-likeness (QED) is 0.359. The molecule has 6 nitrogen and oxygen atoms in total. The zero-order valence-corrected chi connectivity index (χ0v) is 19.1. The number of nitrogens with zero attached hydrogens (tertiary/aromatic N) is 3. The third-order valence-electron chi connectivity index (χ3n) is 6.33. The molecular weight excluding hydrogens is 436 g/mol. The summed E-state index contributed by atoms with van der Waals surface area (Å²) in [6.07, 6.45) is 1.90. The summed E-state index contributed by atoms with van der Waals surface area (Å²) in [4.78, 5) is 31.4. The summed E-state index contributed by atoms with van der Waals surface area (Å²) < 4.78 is 3.81. The van der Waals surface area contributed by atoms with Gasteiger partial charge in [0, 0.05) is 22.5 Å². The van der Waals surface area contributed by atoms with Crippen molar-refractivity contribution < 1.29 is 4.79 Å². The van der Waals surface area contributed by atoms with Crippen LogP contribution in [0, 0.1) is 6.92 Å². The smallest absolute Gasteiger partial charge is 0.245 e. The van der Waals surface area contributed by atoms with Crippen LogP contribution in [0.4, 0.5) is 5.82 Å². The van der Waals surface area contributed by atoms with Crippen LogP contribution in [0.5, 0.6) is 0 Å². The van der Waals surface area contributed by atoms with E-state index in [4.69, 9.17) is 4.98 Å². The van der Waals surface area contributed by atoms with Crippen LogP contribution in [-0.2, 0) is 11.3 Å². The maximum absolute atomic E-state index is 13.5. The predicted molar refractivity (Wildman–Crippen MR) is 140 cm³/mol. The number of hydrogen-bond donors (Lipinski definition) is 1. The average Bonchev–Trinajstić information content (AvgIpc) is 3.26. The van der Waals surface area contributed by atoms with Crippen LogP contribution in [0.2, 0.25) is 0 Å². The van der Waals surface area contributed by atoms with Gasteiger partial charge in [0.25, 0.3) is 0 Å². The molecule has 0 spiro atoms. The van der Waals surface area contributed by atoms with Gasteiger partial charge in [0.1, 0.15) is 23.7 Å². The summed E-state index contributed by atoms with van der Waals surface area (Å²) in [5.74, 6) is 0.416. The number of fused-ring (bicyclic) bond motifs is 3. The van der Waals surface area contributed by atoms with Crippen molar-refractivity contribution in [3.8, 4) is 11.3 Å². The number of nitrogens with one attached hydrogen (secondary N) is 1. The molecule has 1 amide bonds. The Labute approximate surface area is 201 Å². The zero-order valence-electron chi connectivity index (χ0n) is 19.1. The molecule has 0 aliphatic heterocycles. The van der Waals surface area contributed by atoms with Crippen molar-refractivity contribution in [1.29, 1.82) is 0 Å². The van der Waals surface area contributed by atoms with E-state index in [0.717, 1.165) is 27.8 Å². The molecule has 0 radical (unpaired) electrons. The van der Waals surface area contributed by atoms with E-state index >= 15 is 0 Å². The first kappa shape index (κ1) is 20.9. The molecule has 0 saturated heterocycles. The van der Waals surface area contributed by atoms with Crippen molar-refractivity contribution in [3.05, 3.63) is 113 Å². The fourth-order valence-corrected chi connectivity index (χ4v) is 4.68. The van der Waals surface area contributed by atoms with Crippen LogP contribution in [0.25, 0.3) is 38.7 Å². The molecule has 0 bridgehead atoms. The molecule has 3 aromatic carbocycles. The SMILES string of the molecule is Cc1cccn2c(NC(=O)Cn3c4ccccc4c(=O)c4ccccc43)c(-c3ccccc3)nc12. The van der Waals surface area contributed by atoms with Crippen molar-refractivity contribution in [3.63, 3.8) is 0 Å². The van der Waals surface area contributed by atoms with Crippen molar-refractivity contribution in [2.45, 2.75) is 13.5 Å². The molecule has 6 aromatic rings. The van der Waals surface area contributed by atoms with Gasteiger partial charge in [0.2, 0.25) is 5.91 Å². The first-order valence-electron chi connectivity index (χ1n) is 11.4. The second-order valence-corrected chi connectivity index (χ2v) is 8.56. The van der Waals surface area contributed by atoms with Crippen LogP contribution >= 0.6 is 0 Å². The number of hydrogen-bond acceptors (Lipinski definition) is 3. The van der Waals surface area contributed by atoms with E-state index < -0.39 is 0 Å². The van der Waals surface area contributed by atoms with E-state index in [-0.39, 0.29) is 17.9 Å². The molecule has 35 heavy (non-hydrogen) atoms. The Kier molecular flexibility index (Phi) is 4.92. The lowest BCUT2D eigenvalue weighted by Gasteiger charge is -2.15. The minimum Gasteiger partial charge on any atom is -0.331 e. The number of imidazole rings is 1. The van der Waals surface area contributed by atoms with Crippen LogP contribution in [0.15, 0.2) is 102 Å². The van der Waals surface area contributed by atoms with E-state index in [1.54, 1.807) is 12.1 Å². The van der Waals surface area contributed by atoms with Crippen LogP contribution < -0.4 is 10.7 Å². The number of amides is 1. The number of rotatable bonds is 4. The fraction of sp³-hybridized carbons (Fsp3) is 0.0690. The highest BCUT2D eigenvalue weighted by Crippen LogP contribution is 2.30. The molecule has 170 valence electrons. The van der Waals surface area contributed by atoms with E-state index in [1.165, 1.54) is 0 Å². The normalized spacial score (nSPS) is 11.3. The lowest BCUT2D eigenvalue weighted by molar-refractivity contribution is -0.116. The molecule has 6 heteroatoms. The summed E-state index contributed by atoms with van der Waals surface area (Å²) >= 11 is 0. The topological polar surface area (TPSA) is 68.4 Å². The number of para-hydroxylation sites is 2. The van der Waals surface area contributed by atoms with Gasteiger partial charge in [-0.05, 0) is 42.8 Å². The molecule has 6 rings (SSSR count). The number of pyridine rings is 2. The lowest BCUT2D eigenvalue weighted by atomic mass is 10.1. The Hall–Kier alpha value is -4.71. The van der Waals surface area contributed by atoms with Gasteiger partial charge < -0.3 is 9.88 Å². The number of aryl methyl sites for hydroxylation is 1. The van der Waals surface area contributed by atoms with Crippen LogP contribution in [0.1, 0.15) is 5.56 Å². The van der Waals surface area contributed by atoms with Gasteiger partial charge in [0.15, 0.2) is 5.43 Å². The maximum Gasteiger partial charge on any atom is 0.245 e. The van der Waals surface area contributed by atoms with Crippen LogP contribution in [-0.4, -0.2) is 19.9 Å². The highest BCUT2D eigenvalue weighted by molar-refractivity contribution is 5.98. The fourth-order valence-electron chi connectivity index (χ4n) is 4.68. The molecule has 3 heterocycles. The van der Waals surface area contributed by atoms with E-state index in [1.807, 2.05) is 101 Å². The van der Waals surface area contributed by atoms with E-state index in [0.29, 0.717) is 22.3 Å². The first-order valence-corrected chi connectivity index (χ1v) is 11.4. The van der Waals surface area contributed by atoms with Gasteiger partial charge >= 0.3 is 0 Å². The number of anilines is 1. The molecule has 3 aromatic heterocycles. The summed E-state index contributed by atoms with van der Waals surface area (Å²) in [5, 5.41) is 4.30. The van der Waals surface area contributed by atoms with Crippen molar-refractivity contribution >= 4 is 39.2 Å². The average molecular weight is 459 g/mol. The van der Waals surface area contributed by atoms with Gasteiger partial charge in [0.05, 0.1) is 11.0 Å². The van der Waals surface area contributed by atoms with Gasteiger partial charge in [-0.3, -0.25) is 14.0 Å². The van der Waals surface area contributed by atoms with Gasteiger partial charge in [-0.2, -0.15) is 0 Å². The summed E-state index contributed by atoms with van der Waals surface area (Å²) in [6, 6.07) is 28.6. The predicted octanol–water partition coefficient (Wildman–Crippen LogP) is 5.42. The Morgan fingerprint density at radius 2 is 1.46 bits per heavy atom. The highest BCUT2D eigenvalue weighted by atomic mass is 16.2. The number of carbonyl (C=O) groups is 1. The monoisotopic (exact) mass is 458 g/mol. The first-order chi connectivity index (χ1) is 17.1. The third kappa shape index (κ3) is 3.47. The minimum atomic E-state index is -0.204.